The van der Waals surface area contributed by atoms with Crippen molar-refractivity contribution < 1.29 is 9.47 Å². The van der Waals surface area contributed by atoms with Crippen LogP contribution in [0.15, 0.2) is 65.9 Å². The Morgan fingerprint density at radius 2 is 1.91 bits per heavy atom. The predicted octanol–water partition coefficient (Wildman–Crippen LogP) is 4.40. The Hall–Kier alpha value is -2.75. The molecule has 4 rings (SSSR count). The van der Waals surface area contributed by atoms with Crippen LogP contribution in [0.3, 0.4) is 0 Å². The largest absolute Gasteiger partial charge is 0.493 e. The number of aryl methyl sites for hydroxylation is 1. The lowest BCUT2D eigenvalue weighted by atomic mass is 10.0. The summed E-state index contributed by atoms with van der Waals surface area (Å²) in [5.74, 6) is 3.62. The van der Waals surface area contributed by atoms with E-state index in [1.54, 1.807) is 7.11 Å². The molecule has 0 aliphatic carbocycles. The van der Waals surface area contributed by atoms with Gasteiger partial charge in [-0.05, 0) is 41.8 Å². The standard InChI is InChI=1S/C24H29N5O2.HI/c1-25-24(29-13-12-19(17-29)20-15-27-28(2)16-20)26-14-18-8-10-21(11-9-18)31-23-7-5-4-6-22(23)30-3;/h4-11,15-16,19H,12-14,17H2,1-3H3,(H,25,26);1H. The summed E-state index contributed by atoms with van der Waals surface area (Å²) >= 11 is 0. The van der Waals surface area contributed by atoms with E-state index in [-0.39, 0.29) is 24.0 Å². The highest BCUT2D eigenvalue weighted by molar-refractivity contribution is 14.0. The molecule has 1 saturated heterocycles. The van der Waals surface area contributed by atoms with Crippen molar-refractivity contribution in [2.24, 2.45) is 12.0 Å². The van der Waals surface area contributed by atoms with E-state index >= 15 is 0 Å². The molecular formula is C24H30IN5O2. The number of para-hydroxylation sites is 2. The molecule has 2 aromatic carbocycles. The molecule has 3 aromatic rings. The first kappa shape index (κ1) is 23.9. The summed E-state index contributed by atoms with van der Waals surface area (Å²) < 4.78 is 13.2. The molecule has 0 spiro atoms. The second-order valence-corrected chi connectivity index (χ2v) is 7.68. The van der Waals surface area contributed by atoms with Crippen molar-refractivity contribution in [3.05, 3.63) is 72.1 Å². The van der Waals surface area contributed by atoms with E-state index in [0.29, 0.717) is 24.0 Å². The number of hydrogen-bond acceptors (Lipinski definition) is 4. The summed E-state index contributed by atoms with van der Waals surface area (Å²) in [5, 5.41) is 7.79. The van der Waals surface area contributed by atoms with Gasteiger partial charge in [-0.1, -0.05) is 24.3 Å². The third-order valence-corrected chi connectivity index (χ3v) is 5.57. The maximum Gasteiger partial charge on any atom is 0.193 e. The van der Waals surface area contributed by atoms with Crippen LogP contribution in [-0.4, -0.2) is 47.9 Å². The molecule has 170 valence electrons. The van der Waals surface area contributed by atoms with Crippen LogP contribution in [0.4, 0.5) is 0 Å². The topological polar surface area (TPSA) is 63.9 Å². The van der Waals surface area contributed by atoms with Crippen LogP contribution >= 0.6 is 24.0 Å². The summed E-state index contributed by atoms with van der Waals surface area (Å²) in [7, 11) is 5.44. The molecule has 1 fully saturated rings. The van der Waals surface area contributed by atoms with Gasteiger partial charge in [-0.15, -0.1) is 24.0 Å². The summed E-state index contributed by atoms with van der Waals surface area (Å²) in [6, 6.07) is 15.7. The van der Waals surface area contributed by atoms with E-state index in [1.165, 1.54) is 5.56 Å². The number of benzene rings is 2. The Morgan fingerprint density at radius 3 is 2.56 bits per heavy atom. The number of ether oxygens (including phenoxy) is 2. The number of guanidine groups is 1. The van der Waals surface area contributed by atoms with Crippen molar-refractivity contribution in [3.63, 3.8) is 0 Å². The van der Waals surface area contributed by atoms with Crippen molar-refractivity contribution in [1.29, 1.82) is 0 Å². The minimum atomic E-state index is 0. The van der Waals surface area contributed by atoms with Gasteiger partial charge >= 0.3 is 0 Å². The van der Waals surface area contributed by atoms with Crippen LogP contribution in [-0.2, 0) is 13.6 Å². The minimum absolute atomic E-state index is 0. The van der Waals surface area contributed by atoms with Gasteiger partial charge in [0.2, 0.25) is 0 Å². The van der Waals surface area contributed by atoms with E-state index in [2.05, 4.69) is 38.6 Å². The summed E-state index contributed by atoms with van der Waals surface area (Å²) in [6.07, 6.45) is 5.19. The maximum absolute atomic E-state index is 5.95. The lowest BCUT2D eigenvalue weighted by Crippen LogP contribution is -2.39. The first-order valence-electron chi connectivity index (χ1n) is 10.5. The van der Waals surface area contributed by atoms with Gasteiger partial charge in [0.05, 0.1) is 13.3 Å². The Labute approximate surface area is 206 Å². The number of aliphatic imine (C=N–C) groups is 1. The zero-order chi connectivity index (χ0) is 21.6. The molecule has 1 N–H and O–H groups in total. The molecule has 1 unspecified atom stereocenters. The smallest absolute Gasteiger partial charge is 0.193 e. The number of likely N-dealkylation sites (tertiary alicyclic amines) is 1. The van der Waals surface area contributed by atoms with E-state index in [4.69, 9.17) is 9.47 Å². The summed E-state index contributed by atoms with van der Waals surface area (Å²) in [6.45, 7) is 2.65. The number of nitrogens with zero attached hydrogens (tertiary/aromatic N) is 4. The molecule has 0 radical (unpaired) electrons. The van der Waals surface area contributed by atoms with Gasteiger partial charge in [0.1, 0.15) is 5.75 Å². The fourth-order valence-corrected chi connectivity index (χ4v) is 3.89. The average Bonchev–Trinajstić information content (AvgIpc) is 3.45. The van der Waals surface area contributed by atoms with Crippen LogP contribution in [0.1, 0.15) is 23.5 Å². The highest BCUT2D eigenvalue weighted by Crippen LogP contribution is 2.31. The van der Waals surface area contributed by atoms with E-state index < -0.39 is 0 Å². The molecule has 1 aliphatic rings. The van der Waals surface area contributed by atoms with Gasteiger partial charge in [-0.2, -0.15) is 5.10 Å². The highest BCUT2D eigenvalue weighted by Gasteiger charge is 2.26. The van der Waals surface area contributed by atoms with E-state index in [0.717, 1.165) is 36.8 Å². The van der Waals surface area contributed by atoms with E-state index in [9.17, 15) is 0 Å². The van der Waals surface area contributed by atoms with Crippen molar-refractivity contribution in [2.75, 3.05) is 27.2 Å². The number of methoxy groups -OCH3 is 1. The van der Waals surface area contributed by atoms with Gasteiger partial charge in [-0.3, -0.25) is 9.67 Å². The second-order valence-electron chi connectivity index (χ2n) is 7.68. The Morgan fingerprint density at radius 1 is 1.16 bits per heavy atom. The highest BCUT2D eigenvalue weighted by atomic mass is 127. The Kier molecular flexibility index (Phi) is 8.38. The molecular weight excluding hydrogens is 517 g/mol. The number of aromatic nitrogens is 2. The summed E-state index contributed by atoms with van der Waals surface area (Å²) in [5.41, 5.74) is 2.46. The Balaban J connectivity index is 0.00000289. The quantitative estimate of drug-likeness (QED) is 0.282. The predicted molar refractivity (Wildman–Crippen MR) is 137 cm³/mol. The first-order valence-corrected chi connectivity index (χ1v) is 10.5. The molecule has 0 amide bonds. The SMILES string of the molecule is CN=C(NCc1ccc(Oc2ccccc2OC)cc1)N1CCC(c2cnn(C)c2)C1.I. The number of rotatable bonds is 6. The normalized spacial score (nSPS) is 15.9. The van der Waals surface area contributed by atoms with Crippen LogP contribution in [0.2, 0.25) is 0 Å². The molecule has 8 heteroatoms. The monoisotopic (exact) mass is 547 g/mol. The van der Waals surface area contributed by atoms with Crippen molar-refractivity contribution in [1.82, 2.24) is 20.0 Å². The number of halogens is 1. The van der Waals surface area contributed by atoms with Gasteiger partial charge in [0.15, 0.2) is 17.5 Å². The number of hydrogen-bond donors (Lipinski definition) is 1. The van der Waals surface area contributed by atoms with Crippen LogP contribution in [0.5, 0.6) is 17.2 Å². The van der Waals surface area contributed by atoms with Crippen LogP contribution in [0, 0.1) is 0 Å². The van der Waals surface area contributed by atoms with Crippen molar-refractivity contribution in [2.45, 2.75) is 18.9 Å². The molecule has 1 aliphatic heterocycles. The van der Waals surface area contributed by atoms with Gasteiger partial charge < -0.3 is 19.7 Å². The third kappa shape index (κ3) is 5.73. The van der Waals surface area contributed by atoms with Crippen LogP contribution < -0.4 is 14.8 Å². The lowest BCUT2D eigenvalue weighted by molar-refractivity contribution is 0.379. The van der Waals surface area contributed by atoms with Crippen molar-refractivity contribution >= 4 is 29.9 Å². The first-order chi connectivity index (χ1) is 15.2. The molecule has 0 bridgehead atoms. The third-order valence-electron chi connectivity index (χ3n) is 5.57. The fraction of sp³-hybridized carbons (Fsp3) is 0.333. The van der Waals surface area contributed by atoms with Gasteiger partial charge in [0.25, 0.3) is 0 Å². The van der Waals surface area contributed by atoms with Crippen molar-refractivity contribution in [3.8, 4) is 17.2 Å². The average molecular weight is 547 g/mol. The molecule has 1 aromatic heterocycles. The van der Waals surface area contributed by atoms with Gasteiger partial charge in [-0.25, -0.2) is 0 Å². The number of nitrogens with one attached hydrogen (secondary N) is 1. The fourth-order valence-electron chi connectivity index (χ4n) is 3.89. The Bertz CT molecular complexity index is 1030. The molecule has 7 nitrogen and oxygen atoms in total. The second kappa shape index (κ2) is 11.2. The lowest BCUT2D eigenvalue weighted by Gasteiger charge is -2.21. The molecule has 0 saturated carbocycles. The maximum atomic E-state index is 5.95. The molecule has 2 heterocycles. The zero-order valence-electron chi connectivity index (χ0n) is 18.7. The van der Waals surface area contributed by atoms with E-state index in [1.807, 2.05) is 61.4 Å². The molecule has 32 heavy (non-hydrogen) atoms. The van der Waals surface area contributed by atoms with Gasteiger partial charge in [0, 0.05) is 45.8 Å². The van der Waals surface area contributed by atoms with Crippen LogP contribution in [0.25, 0.3) is 0 Å². The summed E-state index contributed by atoms with van der Waals surface area (Å²) in [4.78, 5) is 6.80. The molecule has 1 atom stereocenters. The minimum Gasteiger partial charge on any atom is -0.493 e. The zero-order valence-corrected chi connectivity index (χ0v) is 21.0.